The lowest BCUT2D eigenvalue weighted by Gasteiger charge is -2.05. The number of allylic oxidation sites excluding steroid dienone is 5. The first-order valence-electron chi connectivity index (χ1n) is 2.98. The zero-order chi connectivity index (χ0) is 6.69. The average molecular weight is 141 g/mol. The van der Waals surface area contributed by atoms with Crippen molar-refractivity contribution in [3.63, 3.8) is 0 Å². The standard InChI is InChI=1S/C8H9Cl/c1-2-7-3-5-8(9)6-4-7/h2-5,8H,1,6H2. The molecule has 1 unspecified atom stereocenters. The summed E-state index contributed by atoms with van der Waals surface area (Å²) < 4.78 is 0. The maximum absolute atomic E-state index is 5.77. The minimum atomic E-state index is 0.189. The van der Waals surface area contributed by atoms with Crippen LogP contribution in [0.3, 0.4) is 0 Å². The van der Waals surface area contributed by atoms with Gasteiger partial charge >= 0.3 is 0 Å². The second-order valence-electron chi connectivity index (χ2n) is 2.02. The number of hydrogen-bond acceptors (Lipinski definition) is 0. The highest BCUT2D eigenvalue weighted by Gasteiger charge is 2.01. The average Bonchev–Trinajstić information content (AvgIpc) is 1.90. The molecule has 0 nitrogen and oxygen atoms in total. The van der Waals surface area contributed by atoms with Crippen LogP contribution >= 0.6 is 11.6 Å². The smallest absolute Gasteiger partial charge is 0.0554 e. The molecule has 0 spiro atoms. The number of alkyl halides is 1. The van der Waals surface area contributed by atoms with Crippen LogP contribution in [0.15, 0.2) is 36.5 Å². The van der Waals surface area contributed by atoms with Gasteiger partial charge in [-0.15, -0.1) is 11.6 Å². The van der Waals surface area contributed by atoms with Crippen molar-refractivity contribution >= 4 is 11.6 Å². The first-order chi connectivity index (χ1) is 4.33. The molecule has 0 aromatic carbocycles. The van der Waals surface area contributed by atoms with Crippen molar-refractivity contribution in [3.05, 3.63) is 36.5 Å². The molecule has 0 aromatic rings. The highest BCUT2D eigenvalue weighted by atomic mass is 35.5. The van der Waals surface area contributed by atoms with Crippen molar-refractivity contribution in [2.75, 3.05) is 0 Å². The Morgan fingerprint density at radius 3 is 3.00 bits per heavy atom. The summed E-state index contributed by atoms with van der Waals surface area (Å²) in [5, 5.41) is 0.189. The Labute approximate surface area is 60.5 Å². The van der Waals surface area contributed by atoms with Gasteiger partial charge in [-0.1, -0.05) is 30.9 Å². The van der Waals surface area contributed by atoms with Gasteiger partial charge in [0.25, 0.3) is 0 Å². The normalized spacial score (nSPS) is 25.4. The molecule has 0 radical (unpaired) electrons. The van der Waals surface area contributed by atoms with Gasteiger partial charge in [0.2, 0.25) is 0 Å². The largest absolute Gasteiger partial charge is 0.118 e. The van der Waals surface area contributed by atoms with Crippen LogP contribution in [-0.2, 0) is 0 Å². The van der Waals surface area contributed by atoms with Crippen molar-refractivity contribution in [1.29, 1.82) is 0 Å². The molecule has 0 saturated carbocycles. The van der Waals surface area contributed by atoms with Crippen LogP contribution in [0.25, 0.3) is 0 Å². The van der Waals surface area contributed by atoms with E-state index in [2.05, 4.69) is 12.7 Å². The summed E-state index contributed by atoms with van der Waals surface area (Å²) in [6.07, 6.45) is 8.83. The van der Waals surface area contributed by atoms with Crippen molar-refractivity contribution in [1.82, 2.24) is 0 Å². The van der Waals surface area contributed by atoms with Crippen molar-refractivity contribution in [2.45, 2.75) is 11.8 Å². The van der Waals surface area contributed by atoms with Crippen LogP contribution in [0.1, 0.15) is 6.42 Å². The van der Waals surface area contributed by atoms with E-state index in [1.54, 1.807) is 0 Å². The minimum absolute atomic E-state index is 0.189. The zero-order valence-corrected chi connectivity index (χ0v) is 5.93. The predicted octanol–water partition coefficient (Wildman–Crippen LogP) is 2.67. The Morgan fingerprint density at radius 2 is 2.56 bits per heavy atom. The number of halogens is 1. The molecular weight excluding hydrogens is 132 g/mol. The number of rotatable bonds is 1. The van der Waals surface area contributed by atoms with E-state index in [4.69, 9.17) is 11.6 Å². The summed E-state index contributed by atoms with van der Waals surface area (Å²) in [5.41, 5.74) is 1.17. The summed E-state index contributed by atoms with van der Waals surface area (Å²) in [6.45, 7) is 3.65. The van der Waals surface area contributed by atoms with E-state index >= 15 is 0 Å². The fraction of sp³-hybridized carbons (Fsp3) is 0.250. The third-order valence-corrected chi connectivity index (χ3v) is 1.64. The molecule has 0 saturated heterocycles. The fourth-order valence-corrected chi connectivity index (χ4v) is 0.924. The summed E-state index contributed by atoms with van der Waals surface area (Å²) in [5.74, 6) is 0. The maximum Gasteiger partial charge on any atom is 0.0554 e. The monoisotopic (exact) mass is 140 g/mol. The molecule has 48 valence electrons. The first-order valence-corrected chi connectivity index (χ1v) is 3.41. The molecule has 1 aliphatic rings. The van der Waals surface area contributed by atoms with Gasteiger partial charge in [0, 0.05) is 0 Å². The van der Waals surface area contributed by atoms with Crippen molar-refractivity contribution < 1.29 is 0 Å². The molecule has 1 atom stereocenters. The molecule has 9 heavy (non-hydrogen) atoms. The van der Waals surface area contributed by atoms with Gasteiger partial charge < -0.3 is 0 Å². The molecule has 0 amide bonds. The van der Waals surface area contributed by atoms with E-state index in [9.17, 15) is 0 Å². The van der Waals surface area contributed by atoms with E-state index in [-0.39, 0.29) is 5.38 Å². The molecule has 0 aromatic heterocycles. The lowest BCUT2D eigenvalue weighted by Crippen LogP contribution is -1.95. The second-order valence-corrected chi connectivity index (χ2v) is 2.58. The molecule has 0 bridgehead atoms. The second kappa shape index (κ2) is 2.88. The zero-order valence-electron chi connectivity index (χ0n) is 5.18. The van der Waals surface area contributed by atoms with E-state index in [1.807, 2.05) is 18.2 Å². The molecule has 0 N–H and O–H groups in total. The minimum Gasteiger partial charge on any atom is -0.118 e. The van der Waals surface area contributed by atoms with E-state index in [0.717, 1.165) is 6.42 Å². The highest BCUT2D eigenvalue weighted by molar-refractivity contribution is 6.22. The van der Waals surface area contributed by atoms with Crippen LogP contribution in [0.4, 0.5) is 0 Å². The molecule has 0 heterocycles. The maximum atomic E-state index is 5.77. The quantitative estimate of drug-likeness (QED) is 0.492. The van der Waals surface area contributed by atoms with E-state index in [0.29, 0.717) is 0 Å². The van der Waals surface area contributed by atoms with Gasteiger partial charge in [-0.05, 0) is 12.0 Å². The topological polar surface area (TPSA) is 0 Å². The Morgan fingerprint density at radius 1 is 1.78 bits per heavy atom. The molecular formula is C8H9Cl. The van der Waals surface area contributed by atoms with Gasteiger partial charge in [-0.25, -0.2) is 0 Å². The summed E-state index contributed by atoms with van der Waals surface area (Å²) in [4.78, 5) is 0. The van der Waals surface area contributed by atoms with E-state index in [1.165, 1.54) is 5.57 Å². The number of hydrogen-bond donors (Lipinski definition) is 0. The molecule has 1 heteroatoms. The first kappa shape index (κ1) is 6.63. The van der Waals surface area contributed by atoms with Crippen LogP contribution in [0.2, 0.25) is 0 Å². The fourth-order valence-electron chi connectivity index (χ4n) is 0.762. The summed E-state index contributed by atoms with van der Waals surface area (Å²) in [6, 6.07) is 0. The SMILES string of the molecule is C=CC1=CCC(Cl)C=C1. The van der Waals surface area contributed by atoms with Gasteiger partial charge in [-0.2, -0.15) is 0 Å². The summed E-state index contributed by atoms with van der Waals surface area (Å²) >= 11 is 5.77. The van der Waals surface area contributed by atoms with Crippen molar-refractivity contribution in [3.8, 4) is 0 Å². The Balaban J connectivity index is 2.62. The van der Waals surface area contributed by atoms with Crippen LogP contribution in [-0.4, -0.2) is 5.38 Å². The van der Waals surface area contributed by atoms with Crippen LogP contribution in [0.5, 0.6) is 0 Å². The summed E-state index contributed by atoms with van der Waals surface area (Å²) in [7, 11) is 0. The Kier molecular flexibility index (Phi) is 2.12. The van der Waals surface area contributed by atoms with Gasteiger partial charge in [0.1, 0.15) is 0 Å². The van der Waals surface area contributed by atoms with Gasteiger partial charge in [0.05, 0.1) is 5.38 Å². The van der Waals surface area contributed by atoms with Gasteiger partial charge in [-0.3, -0.25) is 0 Å². The highest BCUT2D eigenvalue weighted by Crippen LogP contribution is 2.14. The van der Waals surface area contributed by atoms with Crippen molar-refractivity contribution in [2.24, 2.45) is 0 Å². The molecule has 1 rings (SSSR count). The third-order valence-electron chi connectivity index (χ3n) is 1.31. The lowest BCUT2D eigenvalue weighted by atomic mass is 10.1. The molecule has 1 aliphatic carbocycles. The molecule has 0 aliphatic heterocycles. The Bertz CT molecular complexity index is 165. The van der Waals surface area contributed by atoms with Crippen LogP contribution < -0.4 is 0 Å². The Hall–Kier alpha value is -0.490. The van der Waals surface area contributed by atoms with E-state index < -0.39 is 0 Å². The van der Waals surface area contributed by atoms with Gasteiger partial charge in [0.15, 0.2) is 0 Å². The molecule has 0 fully saturated rings. The predicted molar refractivity (Wildman–Crippen MR) is 41.7 cm³/mol. The third kappa shape index (κ3) is 1.72. The lowest BCUT2D eigenvalue weighted by molar-refractivity contribution is 1.03. The van der Waals surface area contributed by atoms with Crippen LogP contribution in [0, 0.1) is 0 Å².